The average Bonchev–Trinajstić information content (AvgIpc) is 3.17. The highest BCUT2D eigenvalue weighted by molar-refractivity contribution is 7.99. The van der Waals surface area contributed by atoms with Crippen molar-refractivity contribution in [1.29, 1.82) is 0 Å². The second kappa shape index (κ2) is 9.50. The van der Waals surface area contributed by atoms with Crippen molar-refractivity contribution in [3.8, 4) is 5.69 Å². The summed E-state index contributed by atoms with van der Waals surface area (Å²) in [4.78, 5) is 14.8. The van der Waals surface area contributed by atoms with Crippen LogP contribution in [0.3, 0.4) is 0 Å². The fourth-order valence-electron chi connectivity index (χ4n) is 2.89. The van der Waals surface area contributed by atoms with Gasteiger partial charge in [-0.3, -0.25) is 4.79 Å². The van der Waals surface area contributed by atoms with Gasteiger partial charge in [-0.1, -0.05) is 55.4 Å². The van der Waals surface area contributed by atoms with E-state index in [0.29, 0.717) is 11.7 Å². The van der Waals surface area contributed by atoms with Crippen molar-refractivity contribution in [2.24, 2.45) is 0 Å². The summed E-state index contributed by atoms with van der Waals surface area (Å²) < 4.78 is 1.71. The quantitative estimate of drug-likeness (QED) is 0.535. The second-order valence-corrected chi connectivity index (χ2v) is 7.63. The topological polar surface area (TPSA) is 63.9 Å². The maximum absolute atomic E-state index is 12.9. The first-order valence-corrected chi connectivity index (χ1v) is 10.4. The van der Waals surface area contributed by atoms with E-state index >= 15 is 0 Å². The molecule has 1 amide bonds. The van der Waals surface area contributed by atoms with Crippen molar-refractivity contribution in [1.82, 2.24) is 20.2 Å². The van der Waals surface area contributed by atoms with E-state index in [0.717, 1.165) is 35.3 Å². The lowest BCUT2D eigenvalue weighted by molar-refractivity contribution is -0.116. The first-order valence-electron chi connectivity index (χ1n) is 9.44. The lowest BCUT2D eigenvalue weighted by Crippen LogP contribution is -2.33. The Morgan fingerprint density at radius 2 is 1.93 bits per heavy atom. The van der Waals surface area contributed by atoms with Crippen molar-refractivity contribution in [3.63, 3.8) is 0 Å². The zero-order valence-corrected chi connectivity index (χ0v) is 17.3. The van der Waals surface area contributed by atoms with E-state index in [1.807, 2.05) is 55.1 Å². The number of aromatic nitrogens is 4. The molecule has 0 saturated heterocycles. The molecule has 146 valence electrons. The van der Waals surface area contributed by atoms with Gasteiger partial charge >= 0.3 is 0 Å². The first kappa shape index (κ1) is 20.1. The van der Waals surface area contributed by atoms with Crippen LogP contribution in [-0.4, -0.2) is 38.4 Å². The van der Waals surface area contributed by atoms with Crippen LogP contribution < -0.4 is 4.90 Å². The summed E-state index contributed by atoms with van der Waals surface area (Å²) in [6, 6.07) is 16.0. The SMILES string of the molecule is CCCCN(C(=O)CSc1nnnn1-c1cc(C)ccc1C)c1ccccc1. The zero-order chi connectivity index (χ0) is 19.9. The van der Waals surface area contributed by atoms with Gasteiger partial charge in [-0.2, -0.15) is 4.68 Å². The molecule has 0 spiro atoms. The van der Waals surface area contributed by atoms with E-state index in [4.69, 9.17) is 0 Å². The molecule has 28 heavy (non-hydrogen) atoms. The number of tetrazole rings is 1. The summed E-state index contributed by atoms with van der Waals surface area (Å²) in [5.74, 6) is 0.337. The Kier molecular flexibility index (Phi) is 6.81. The molecule has 0 aliphatic carbocycles. The molecular weight excluding hydrogens is 370 g/mol. The highest BCUT2D eigenvalue weighted by atomic mass is 32.2. The fraction of sp³-hybridized carbons (Fsp3) is 0.333. The van der Waals surface area contributed by atoms with E-state index in [1.165, 1.54) is 11.8 Å². The molecule has 3 aromatic rings. The molecule has 0 atom stereocenters. The number of rotatable bonds is 8. The highest BCUT2D eigenvalue weighted by Gasteiger charge is 2.18. The van der Waals surface area contributed by atoms with Crippen LogP contribution in [0.1, 0.15) is 30.9 Å². The molecule has 0 aliphatic heterocycles. The third kappa shape index (κ3) is 4.78. The van der Waals surface area contributed by atoms with Crippen LogP contribution in [0.5, 0.6) is 0 Å². The van der Waals surface area contributed by atoms with Crippen molar-refractivity contribution in [2.75, 3.05) is 17.2 Å². The highest BCUT2D eigenvalue weighted by Crippen LogP contribution is 2.23. The lowest BCUT2D eigenvalue weighted by Gasteiger charge is -2.22. The largest absolute Gasteiger partial charge is 0.312 e. The number of hydrogen-bond donors (Lipinski definition) is 0. The summed E-state index contributed by atoms with van der Waals surface area (Å²) in [5.41, 5.74) is 4.08. The standard InChI is InChI=1S/C21H25N5OS/c1-4-5-13-25(18-9-7-6-8-10-18)20(27)15-28-21-22-23-24-26(21)19-14-16(2)11-12-17(19)3/h6-12,14H,4-5,13,15H2,1-3H3. The van der Waals surface area contributed by atoms with Crippen LogP contribution in [-0.2, 0) is 4.79 Å². The summed E-state index contributed by atoms with van der Waals surface area (Å²) >= 11 is 1.36. The summed E-state index contributed by atoms with van der Waals surface area (Å²) in [7, 11) is 0. The molecule has 0 fully saturated rings. The van der Waals surface area contributed by atoms with Gasteiger partial charge in [-0.25, -0.2) is 0 Å². The molecule has 2 aromatic carbocycles. The van der Waals surface area contributed by atoms with E-state index < -0.39 is 0 Å². The molecule has 6 nitrogen and oxygen atoms in total. The number of hydrogen-bond acceptors (Lipinski definition) is 5. The molecule has 1 heterocycles. The fourth-order valence-corrected chi connectivity index (χ4v) is 3.65. The Morgan fingerprint density at radius 3 is 2.68 bits per heavy atom. The normalized spacial score (nSPS) is 10.8. The Hall–Kier alpha value is -2.67. The van der Waals surface area contributed by atoms with Crippen molar-refractivity contribution >= 4 is 23.4 Å². The molecule has 1 aromatic heterocycles. The number of carbonyl (C=O) groups is 1. The van der Waals surface area contributed by atoms with Crippen molar-refractivity contribution < 1.29 is 4.79 Å². The Bertz CT molecular complexity index is 926. The second-order valence-electron chi connectivity index (χ2n) is 6.69. The van der Waals surface area contributed by atoms with Gasteiger partial charge < -0.3 is 4.90 Å². The molecule has 0 saturated carbocycles. The van der Waals surface area contributed by atoms with E-state index in [-0.39, 0.29) is 11.7 Å². The van der Waals surface area contributed by atoms with Crippen LogP contribution in [0.15, 0.2) is 53.7 Å². The number of benzene rings is 2. The predicted molar refractivity (Wildman–Crippen MR) is 113 cm³/mol. The minimum absolute atomic E-state index is 0.0557. The first-order chi connectivity index (χ1) is 13.6. The van der Waals surface area contributed by atoms with Crippen molar-refractivity contribution in [3.05, 3.63) is 59.7 Å². The number of carbonyl (C=O) groups excluding carboxylic acids is 1. The molecule has 3 rings (SSSR count). The van der Waals surface area contributed by atoms with E-state index in [9.17, 15) is 4.79 Å². The number of unbranched alkanes of at least 4 members (excludes halogenated alkanes) is 1. The molecule has 0 aliphatic rings. The monoisotopic (exact) mass is 395 g/mol. The third-order valence-corrected chi connectivity index (χ3v) is 5.37. The van der Waals surface area contributed by atoms with Crippen LogP contribution >= 0.6 is 11.8 Å². The van der Waals surface area contributed by atoms with E-state index in [2.05, 4.69) is 34.6 Å². The Labute approximate surface area is 169 Å². The van der Waals surface area contributed by atoms with Crippen LogP contribution in [0.4, 0.5) is 5.69 Å². The number of aryl methyl sites for hydroxylation is 2. The molecule has 0 unspecified atom stereocenters. The summed E-state index contributed by atoms with van der Waals surface area (Å²) in [6.45, 7) is 6.90. The van der Waals surface area contributed by atoms with Gasteiger partial charge in [0.05, 0.1) is 11.4 Å². The van der Waals surface area contributed by atoms with Gasteiger partial charge in [0.25, 0.3) is 0 Å². The number of nitrogens with zero attached hydrogens (tertiary/aromatic N) is 5. The number of thioether (sulfide) groups is 1. The molecule has 0 bridgehead atoms. The minimum Gasteiger partial charge on any atom is -0.312 e. The third-order valence-electron chi connectivity index (χ3n) is 4.46. The molecule has 7 heteroatoms. The maximum atomic E-state index is 12.9. The van der Waals surface area contributed by atoms with Crippen LogP contribution in [0, 0.1) is 13.8 Å². The maximum Gasteiger partial charge on any atom is 0.237 e. The molecule has 0 N–H and O–H groups in total. The van der Waals surface area contributed by atoms with Crippen LogP contribution in [0.25, 0.3) is 5.69 Å². The Morgan fingerprint density at radius 1 is 1.14 bits per heavy atom. The molecular formula is C21H25N5OS. The van der Waals surface area contributed by atoms with Gasteiger partial charge in [-0.05, 0) is 60.0 Å². The van der Waals surface area contributed by atoms with E-state index in [1.54, 1.807) is 4.68 Å². The van der Waals surface area contributed by atoms with Gasteiger partial charge in [0.15, 0.2) is 0 Å². The Balaban J connectivity index is 1.75. The number of para-hydroxylation sites is 1. The average molecular weight is 396 g/mol. The lowest BCUT2D eigenvalue weighted by atomic mass is 10.1. The van der Waals surface area contributed by atoms with Gasteiger partial charge in [0.2, 0.25) is 11.1 Å². The smallest absolute Gasteiger partial charge is 0.237 e. The molecule has 0 radical (unpaired) electrons. The number of anilines is 1. The summed E-state index contributed by atoms with van der Waals surface area (Å²) in [6.07, 6.45) is 2.00. The summed E-state index contributed by atoms with van der Waals surface area (Å²) in [5, 5.41) is 12.7. The van der Waals surface area contributed by atoms with Gasteiger partial charge in [-0.15, -0.1) is 5.10 Å². The van der Waals surface area contributed by atoms with Gasteiger partial charge in [0, 0.05) is 12.2 Å². The van der Waals surface area contributed by atoms with Gasteiger partial charge in [0.1, 0.15) is 0 Å². The number of amides is 1. The predicted octanol–water partition coefficient (Wildman–Crippen LogP) is 4.20. The zero-order valence-electron chi connectivity index (χ0n) is 16.5. The van der Waals surface area contributed by atoms with Crippen LogP contribution in [0.2, 0.25) is 0 Å². The minimum atomic E-state index is 0.0557. The van der Waals surface area contributed by atoms with Crippen molar-refractivity contribution in [2.45, 2.75) is 38.8 Å².